The molecule has 0 saturated carbocycles. The summed E-state index contributed by atoms with van der Waals surface area (Å²) in [5.41, 5.74) is -0.901. The van der Waals surface area contributed by atoms with Crippen molar-refractivity contribution in [3.05, 3.63) is 56.4 Å². The Balaban J connectivity index is 1.58. The van der Waals surface area contributed by atoms with Gasteiger partial charge in [0.25, 0.3) is 18.8 Å². The minimum Gasteiger partial charge on any atom is -0.454 e. The first-order valence-corrected chi connectivity index (χ1v) is 10.2. The van der Waals surface area contributed by atoms with Gasteiger partial charge in [-0.2, -0.15) is 10.2 Å². The summed E-state index contributed by atoms with van der Waals surface area (Å²) in [6, 6.07) is 2.74. The van der Waals surface area contributed by atoms with E-state index in [-0.39, 0.29) is 18.1 Å². The summed E-state index contributed by atoms with van der Waals surface area (Å²) >= 11 is 8.99. The van der Waals surface area contributed by atoms with Gasteiger partial charge < -0.3 is 9.73 Å². The summed E-state index contributed by atoms with van der Waals surface area (Å²) in [5.74, 6) is -0.451. The number of nitrogens with zero attached hydrogens (tertiary/aromatic N) is 4. The molecule has 0 saturated heterocycles. The molecule has 0 unspecified atom stereocenters. The summed E-state index contributed by atoms with van der Waals surface area (Å²) in [4.78, 5) is 12.2. The molecular formula is C18H17BrClF4N5O2. The second-order valence-electron chi connectivity index (χ2n) is 6.54. The summed E-state index contributed by atoms with van der Waals surface area (Å²) in [6.07, 6.45) is -3.75. The lowest BCUT2D eigenvalue weighted by atomic mass is 10.3. The van der Waals surface area contributed by atoms with Gasteiger partial charge in [0.05, 0.1) is 21.7 Å². The summed E-state index contributed by atoms with van der Waals surface area (Å²) in [5, 5.41) is 9.64. The van der Waals surface area contributed by atoms with Crippen molar-refractivity contribution in [2.45, 2.75) is 39.3 Å². The van der Waals surface area contributed by atoms with Crippen LogP contribution >= 0.6 is 27.5 Å². The van der Waals surface area contributed by atoms with Crippen molar-refractivity contribution >= 4 is 33.4 Å². The van der Waals surface area contributed by atoms with Crippen LogP contribution in [0, 0.1) is 6.92 Å². The van der Waals surface area contributed by atoms with Crippen molar-refractivity contribution < 1.29 is 26.8 Å². The number of hydrogen-bond acceptors (Lipinski definition) is 4. The normalized spacial score (nSPS) is 11.6. The van der Waals surface area contributed by atoms with Crippen LogP contribution in [0.5, 0.6) is 0 Å². The van der Waals surface area contributed by atoms with E-state index in [1.165, 1.54) is 12.1 Å². The molecule has 13 heteroatoms. The highest BCUT2D eigenvalue weighted by molar-refractivity contribution is 9.10. The Bertz CT molecular complexity index is 1050. The Morgan fingerprint density at radius 3 is 2.61 bits per heavy atom. The molecule has 3 aromatic rings. The third-order valence-electron chi connectivity index (χ3n) is 4.30. The number of carbonyl (C=O) groups excluding carboxylic acids is 1. The number of halogens is 6. The third kappa shape index (κ3) is 5.48. The van der Waals surface area contributed by atoms with E-state index < -0.39 is 35.2 Å². The van der Waals surface area contributed by atoms with Gasteiger partial charge in [0, 0.05) is 19.3 Å². The maximum absolute atomic E-state index is 13.2. The van der Waals surface area contributed by atoms with E-state index in [0.29, 0.717) is 24.2 Å². The fraction of sp³-hybridized carbons (Fsp3) is 0.389. The number of alkyl halides is 4. The van der Waals surface area contributed by atoms with E-state index in [1.54, 1.807) is 4.68 Å². The number of aryl methyl sites for hydroxylation is 2. The number of amides is 1. The topological polar surface area (TPSA) is 77.9 Å². The predicted octanol–water partition coefficient (Wildman–Crippen LogP) is 5.14. The lowest BCUT2D eigenvalue weighted by molar-refractivity contribution is 0.0922. The van der Waals surface area contributed by atoms with Crippen LogP contribution in [0.2, 0.25) is 5.02 Å². The van der Waals surface area contributed by atoms with Crippen LogP contribution in [0.4, 0.5) is 17.6 Å². The van der Waals surface area contributed by atoms with Crippen molar-refractivity contribution in [3.8, 4) is 0 Å². The Labute approximate surface area is 187 Å². The van der Waals surface area contributed by atoms with Gasteiger partial charge in [-0.25, -0.2) is 17.6 Å². The van der Waals surface area contributed by atoms with Crippen LogP contribution < -0.4 is 5.32 Å². The molecule has 0 radical (unpaired) electrons. The van der Waals surface area contributed by atoms with Gasteiger partial charge in [-0.05, 0) is 41.4 Å². The zero-order valence-electron chi connectivity index (χ0n) is 16.1. The lowest BCUT2D eigenvalue weighted by Gasteiger charge is -2.05. The van der Waals surface area contributed by atoms with E-state index in [4.69, 9.17) is 16.0 Å². The smallest absolute Gasteiger partial charge is 0.286 e. The quantitative estimate of drug-likeness (QED) is 0.309. The third-order valence-corrected chi connectivity index (χ3v) is 5.46. The van der Waals surface area contributed by atoms with E-state index in [1.807, 2.05) is 13.1 Å². The second-order valence-corrected chi connectivity index (χ2v) is 7.78. The zero-order valence-corrected chi connectivity index (χ0v) is 18.4. The fourth-order valence-corrected chi connectivity index (χ4v) is 3.43. The van der Waals surface area contributed by atoms with E-state index in [0.717, 1.165) is 10.2 Å². The first kappa shape index (κ1) is 23.3. The Morgan fingerprint density at radius 1 is 1.26 bits per heavy atom. The summed E-state index contributed by atoms with van der Waals surface area (Å²) < 4.78 is 61.0. The number of hydrogen-bond donors (Lipinski definition) is 1. The average Bonchev–Trinajstić information content (AvgIpc) is 3.37. The van der Waals surface area contributed by atoms with Crippen molar-refractivity contribution in [2.24, 2.45) is 0 Å². The van der Waals surface area contributed by atoms with Crippen LogP contribution in [0.15, 0.2) is 27.2 Å². The number of aromatic nitrogens is 4. The maximum Gasteiger partial charge on any atom is 0.286 e. The zero-order chi connectivity index (χ0) is 22.7. The largest absolute Gasteiger partial charge is 0.454 e. The minimum absolute atomic E-state index is 0.0430. The molecule has 0 aliphatic carbocycles. The van der Waals surface area contributed by atoms with E-state index in [9.17, 15) is 22.4 Å². The molecule has 0 aliphatic rings. The first-order chi connectivity index (χ1) is 14.7. The molecule has 0 spiro atoms. The molecule has 3 heterocycles. The predicted molar refractivity (Wildman–Crippen MR) is 107 cm³/mol. The Morgan fingerprint density at radius 2 is 2.00 bits per heavy atom. The van der Waals surface area contributed by atoms with Gasteiger partial charge >= 0.3 is 0 Å². The fourth-order valence-electron chi connectivity index (χ4n) is 2.81. The number of furan rings is 1. The van der Waals surface area contributed by atoms with Crippen LogP contribution in [0.25, 0.3) is 0 Å². The summed E-state index contributed by atoms with van der Waals surface area (Å²) in [6.45, 7) is 2.44. The molecule has 7 nitrogen and oxygen atoms in total. The van der Waals surface area contributed by atoms with Gasteiger partial charge in [-0.15, -0.1) is 0 Å². The van der Waals surface area contributed by atoms with E-state index in [2.05, 4.69) is 31.4 Å². The lowest BCUT2D eigenvalue weighted by Crippen LogP contribution is -2.24. The highest BCUT2D eigenvalue weighted by atomic mass is 79.9. The minimum atomic E-state index is -3.11. The second kappa shape index (κ2) is 9.86. The standard InChI is InChI=1S/C18H17BrClF4N5O2/c1-9-11(19)8-28(26-9)6-2-5-25-18(30)12-4-3-10(31-12)7-29-15(17(23)24)13(20)14(27-29)16(21)22/h3-4,8,16-17H,2,5-7H2,1H3,(H,25,30). The molecule has 0 bridgehead atoms. The van der Waals surface area contributed by atoms with Crippen molar-refractivity contribution in [3.63, 3.8) is 0 Å². The maximum atomic E-state index is 13.2. The average molecular weight is 527 g/mol. The highest BCUT2D eigenvalue weighted by Gasteiger charge is 2.28. The van der Waals surface area contributed by atoms with E-state index >= 15 is 0 Å². The van der Waals surface area contributed by atoms with Crippen molar-refractivity contribution in [1.29, 1.82) is 0 Å². The molecule has 0 atom stereocenters. The molecule has 0 fully saturated rings. The van der Waals surface area contributed by atoms with Gasteiger partial charge in [0.15, 0.2) is 5.76 Å². The molecule has 3 aromatic heterocycles. The molecule has 3 rings (SSSR count). The molecule has 1 amide bonds. The SMILES string of the molecule is Cc1nn(CCCNC(=O)c2ccc(Cn3nc(C(F)F)c(Cl)c3C(F)F)o2)cc1Br. The van der Waals surface area contributed by atoms with Crippen LogP contribution in [0.1, 0.15) is 52.7 Å². The molecular weight excluding hydrogens is 510 g/mol. The van der Waals surface area contributed by atoms with Gasteiger partial charge in [0.2, 0.25) is 0 Å². The monoisotopic (exact) mass is 525 g/mol. The molecule has 1 N–H and O–H groups in total. The molecule has 0 aromatic carbocycles. The van der Waals surface area contributed by atoms with Gasteiger partial charge in [-0.1, -0.05) is 11.6 Å². The number of nitrogens with one attached hydrogen (secondary N) is 1. The highest BCUT2D eigenvalue weighted by Crippen LogP contribution is 2.35. The summed E-state index contributed by atoms with van der Waals surface area (Å²) in [7, 11) is 0. The van der Waals surface area contributed by atoms with Crippen LogP contribution in [-0.4, -0.2) is 32.0 Å². The van der Waals surface area contributed by atoms with Crippen molar-refractivity contribution in [1.82, 2.24) is 24.9 Å². The van der Waals surface area contributed by atoms with Gasteiger partial charge in [0.1, 0.15) is 17.1 Å². The Hall–Kier alpha value is -2.34. The Kier molecular flexibility index (Phi) is 7.42. The molecule has 0 aliphatic heterocycles. The first-order valence-electron chi connectivity index (χ1n) is 9.06. The van der Waals surface area contributed by atoms with Crippen molar-refractivity contribution in [2.75, 3.05) is 6.54 Å². The number of rotatable bonds is 9. The molecule has 31 heavy (non-hydrogen) atoms. The molecule has 168 valence electrons. The van der Waals surface area contributed by atoms with Crippen LogP contribution in [0.3, 0.4) is 0 Å². The van der Waals surface area contributed by atoms with Crippen LogP contribution in [-0.2, 0) is 13.1 Å². The number of carbonyl (C=O) groups is 1. The van der Waals surface area contributed by atoms with Gasteiger partial charge in [-0.3, -0.25) is 14.2 Å².